The summed E-state index contributed by atoms with van der Waals surface area (Å²) in [5.74, 6) is -1.14. The number of rotatable bonds is 1. The van der Waals surface area contributed by atoms with Gasteiger partial charge in [-0.2, -0.15) is 0 Å². The van der Waals surface area contributed by atoms with Crippen LogP contribution in [0.5, 0.6) is 0 Å². The topological polar surface area (TPSA) is 57.5 Å². The summed E-state index contributed by atoms with van der Waals surface area (Å²) in [5, 5.41) is 17.9. The summed E-state index contributed by atoms with van der Waals surface area (Å²) in [5.41, 5.74) is 0. The maximum Gasteiger partial charge on any atom is 0.306 e. The molecule has 1 fully saturated rings. The molecule has 1 saturated carbocycles. The number of halogens is 1. The number of hydrogen-bond acceptors (Lipinski definition) is 2. The molecule has 3 atom stereocenters. The van der Waals surface area contributed by atoms with Gasteiger partial charge in [-0.3, -0.25) is 4.79 Å². The molecule has 1 rings (SSSR count). The molecule has 0 heterocycles. The molecule has 2 N–H and O–H groups in total. The number of aliphatic carboxylic acids is 1. The predicted molar refractivity (Wildman–Crippen MR) is 43.7 cm³/mol. The van der Waals surface area contributed by atoms with Crippen LogP contribution in [0.3, 0.4) is 0 Å². The highest BCUT2D eigenvalue weighted by molar-refractivity contribution is 9.09. The minimum Gasteiger partial charge on any atom is -0.481 e. The summed E-state index contributed by atoms with van der Waals surface area (Å²) in [6.45, 7) is 0. The Morgan fingerprint density at radius 1 is 1.45 bits per heavy atom. The summed E-state index contributed by atoms with van der Waals surface area (Å²) < 4.78 is 0. The normalized spacial score (nSPS) is 38.5. The molecule has 64 valence electrons. The molecule has 4 heteroatoms. The summed E-state index contributed by atoms with van der Waals surface area (Å²) in [6.07, 6.45) is 1.30. The van der Waals surface area contributed by atoms with Crippen molar-refractivity contribution in [1.82, 2.24) is 0 Å². The number of carboxylic acids is 1. The fourth-order valence-corrected chi connectivity index (χ4v) is 1.81. The smallest absolute Gasteiger partial charge is 0.306 e. The average molecular weight is 223 g/mol. The zero-order valence-corrected chi connectivity index (χ0v) is 7.62. The van der Waals surface area contributed by atoms with Gasteiger partial charge < -0.3 is 10.2 Å². The van der Waals surface area contributed by atoms with E-state index in [-0.39, 0.29) is 10.7 Å². The molecular weight excluding hydrogens is 212 g/mol. The van der Waals surface area contributed by atoms with Crippen molar-refractivity contribution < 1.29 is 15.0 Å². The van der Waals surface area contributed by atoms with Crippen molar-refractivity contribution in [2.45, 2.75) is 30.2 Å². The van der Waals surface area contributed by atoms with Crippen LogP contribution in [0.4, 0.5) is 0 Å². The fourth-order valence-electron chi connectivity index (χ4n) is 1.33. The van der Waals surface area contributed by atoms with Crippen LogP contribution in [0.15, 0.2) is 0 Å². The molecule has 0 spiro atoms. The highest BCUT2D eigenvalue weighted by atomic mass is 79.9. The zero-order chi connectivity index (χ0) is 8.43. The van der Waals surface area contributed by atoms with Crippen molar-refractivity contribution >= 4 is 21.9 Å². The van der Waals surface area contributed by atoms with E-state index in [2.05, 4.69) is 15.9 Å². The molecule has 0 saturated heterocycles. The van der Waals surface area contributed by atoms with E-state index in [1.807, 2.05) is 0 Å². The van der Waals surface area contributed by atoms with Crippen LogP contribution in [-0.2, 0) is 4.79 Å². The van der Waals surface area contributed by atoms with Crippen molar-refractivity contribution in [2.24, 2.45) is 5.92 Å². The Hall–Kier alpha value is -0.0900. The molecule has 0 bridgehead atoms. The maximum absolute atomic E-state index is 10.5. The van der Waals surface area contributed by atoms with Gasteiger partial charge in [-0.05, 0) is 19.3 Å². The van der Waals surface area contributed by atoms with Crippen LogP contribution in [-0.4, -0.2) is 27.1 Å². The number of aliphatic hydroxyl groups excluding tert-OH is 1. The third kappa shape index (κ3) is 2.17. The van der Waals surface area contributed by atoms with E-state index < -0.39 is 12.1 Å². The van der Waals surface area contributed by atoms with E-state index in [4.69, 9.17) is 5.11 Å². The van der Waals surface area contributed by atoms with Crippen molar-refractivity contribution in [1.29, 1.82) is 0 Å². The molecule has 1 aliphatic carbocycles. The van der Waals surface area contributed by atoms with Gasteiger partial charge in [-0.15, -0.1) is 0 Å². The lowest BCUT2D eigenvalue weighted by atomic mass is 9.87. The average Bonchev–Trinajstić information content (AvgIpc) is 1.94. The number of carbonyl (C=O) groups is 1. The van der Waals surface area contributed by atoms with Crippen molar-refractivity contribution in [3.05, 3.63) is 0 Å². The number of hydrogen-bond donors (Lipinski definition) is 2. The zero-order valence-electron chi connectivity index (χ0n) is 6.03. The van der Waals surface area contributed by atoms with Crippen LogP contribution in [0.1, 0.15) is 19.3 Å². The van der Waals surface area contributed by atoms with Crippen LogP contribution in [0, 0.1) is 5.92 Å². The molecule has 0 aliphatic heterocycles. The number of aliphatic hydroxyl groups is 1. The Labute approximate surface area is 73.5 Å². The van der Waals surface area contributed by atoms with E-state index in [0.717, 1.165) is 6.42 Å². The lowest BCUT2D eigenvalue weighted by molar-refractivity contribution is -0.144. The Morgan fingerprint density at radius 3 is 2.55 bits per heavy atom. The Kier molecular flexibility index (Phi) is 2.90. The number of alkyl halides is 1. The highest BCUT2D eigenvalue weighted by Crippen LogP contribution is 2.29. The highest BCUT2D eigenvalue weighted by Gasteiger charge is 2.30. The van der Waals surface area contributed by atoms with Gasteiger partial charge in [0.1, 0.15) is 0 Å². The summed E-state index contributed by atoms with van der Waals surface area (Å²) in [6, 6.07) is 0. The molecule has 1 aliphatic rings. The minimum atomic E-state index is -0.788. The van der Waals surface area contributed by atoms with Gasteiger partial charge in [-0.1, -0.05) is 15.9 Å². The second-order valence-electron chi connectivity index (χ2n) is 2.93. The van der Waals surface area contributed by atoms with Gasteiger partial charge in [-0.25, -0.2) is 0 Å². The molecule has 0 unspecified atom stereocenters. The third-order valence-corrected chi connectivity index (χ3v) is 3.15. The monoisotopic (exact) mass is 222 g/mol. The van der Waals surface area contributed by atoms with Gasteiger partial charge >= 0.3 is 5.97 Å². The molecule has 0 aromatic heterocycles. The van der Waals surface area contributed by atoms with Gasteiger partial charge in [0, 0.05) is 4.83 Å². The Bertz CT molecular complexity index is 160. The Balaban J connectivity index is 2.46. The van der Waals surface area contributed by atoms with E-state index >= 15 is 0 Å². The molecule has 11 heavy (non-hydrogen) atoms. The van der Waals surface area contributed by atoms with Gasteiger partial charge in [0.15, 0.2) is 0 Å². The minimum absolute atomic E-state index is 0.0816. The second kappa shape index (κ2) is 3.54. The third-order valence-electron chi connectivity index (χ3n) is 2.08. The largest absolute Gasteiger partial charge is 0.481 e. The quantitative estimate of drug-likeness (QED) is 0.652. The summed E-state index contributed by atoms with van der Waals surface area (Å²) >= 11 is 3.29. The fraction of sp³-hybridized carbons (Fsp3) is 0.857. The number of carboxylic acid groups (broad SMARTS) is 1. The van der Waals surface area contributed by atoms with E-state index in [1.165, 1.54) is 0 Å². The Morgan fingerprint density at radius 2 is 2.09 bits per heavy atom. The van der Waals surface area contributed by atoms with Crippen molar-refractivity contribution in [2.75, 3.05) is 0 Å². The van der Waals surface area contributed by atoms with Crippen molar-refractivity contribution in [3.8, 4) is 0 Å². The molecule has 0 aromatic carbocycles. The molecule has 3 nitrogen and oxygen atoms in total. The summed E-state index contributed by atoms with van der Waals surface area (Å²) in [4.78, 5) is 10.6. The SMILES string of the molecule is O=C(O)[C@@H]1CC[C@H](Br)[C@H](O)C1. The molecule has 0 aromatic rings. The second-order valence-corrected chi connectivity index (χ2v) is 4.11. The van der Waals surface area contributed by atoms with E-state index in [0.29, 0.717) is 12.8 Å². The predicted octanol–water partition coefficient (Wildman–Crippen LogP) is 0.995. The van der Waals surface area contributed by atoms with Crippen LogP contribution in [0.25, 0.3) is 0 Å². The maximum atomic E-state index is 10.5. The first kappa shape index (κ1) is 9.00. The first-order chi connectivity index (χ1) is 5.11. The first-order valence-corrected chi connectivity index (χ1v) is 4.57. The molecular formula is C7H11BrO3. The lowest BCUT2D eigenvalue weighted by Gasteiger charge is -2.27. The lowest BCUT2D eigenvalue weighted by Crippen LogP contribution is -2.32. The van der Waals surface area contributed by atoms with Crippen LogP contribution in [0.2, 0.25) is 0 Å². The molecule has 0 radical (unpaired) electrons. The van der Waals surface area contributed by atoms with E-state index in [1.54, 1.807) is 0 Å². The van der Waals surface area contributed by atoms with Gasteiger partial charge in [0.05, 0.1) is 12.0 Å². The standard InChI is InChI=1S/C7H11BrO3/c8-5-2-1-4(7(10)11)3-6(5)9/h4-6,9H,1-3H2,(H,10,11)/t4-,5+,6-/m1/s1. The summed E-state index contributed by atoms with van der Waals surface area (Å²) in [7, 11) is 0. The first-order valence-electron chi connectivity index (χ1n) is 3.66. The molecule has 0 amide bonds. The van der Waals surface area contributed by atoms with Gasteiger partial charge in [0.25, 0.3) is 0 Å². The van der Waals surface area contributed by atoms with E-state index in [9.17, 15) is 9.90 Å². The van der Waals surface area contributed by atoms with Crippen LogP contribution >= 0.6 is 15.9 Å². The van der Waals surface area contributed by atoms with Gasteiger partial charge in [0.2, 0.25) is 0 Å². The van der Waals surface area contributed by atoms with Crippen molar-refractivity contribution in [3.63, 3.8) is 0 Å². The van der Waals surface area contributed by atoms with Crippen LogP contribution < -0.4 is 0 Å².